The van der Waals surface area contributed by atoms with Crippen LogP contribution in [-0.2, 0) is 6.54 Å². The van der Waals surface area contributed by atoms with Crippen molar-refractivity contribution >= 4 is 32.9 Å². The Labute approximate surface area is 153 Å². The van der Waals surface area contributed by atoms with Crippen molar-refractivity contribution in [1.82, 2.24) is 19.5 Å². The third-order valence-corrected chi connectivity index (χ3v) is 4.87. The summed E-state index contributed by atoms with van der Waals surface area (Å²) in [7, 11) is 0. The lowest BCUT2D eigenvalue weighted by Crippen LogP contribution is -2.50. The highest BCUT2D eigenvalue weighted by molar-refractivity contribution is 9.10. The molecule has 0 saturated carbocycles. The van der Waals surface area contributed by atoms with Gasteiger partial charge in [-0.1, -0.05) is 12.1 Å². The van der Waals surface area contributed by atoms with E-state index >= 15 is 0 Å². The second kappa shape index (κ2) is 6.68. The summed E-state index contributed by atoms with van der Waals surface area (Å²) in [5, 5.41) is 0. The summed E-state index contributed by atoms with van der Waals surface area (Å²) in [6.45, 7) is 1.54. The number of fused-ring (bicyclic) bond motifs is 1. The van der Waals surface area contributed by atoms with Crippen molar-refractivity contribution in [2.45, 2.75) is 25.2 Å². The Kier molecular flexibility index (Phi) is 4.39. The summed E-state index contributed by atoms with van der Waals surface area (Å²) < 4.78 is 16.7. The number of anilines is 1. The predicted octanol–water partition coefficient (Wildman–Crippen LogP) is 2.51. The van der Waals surface area contributed by atoms with Gasteiger partial charge in [0.15, 0.2) is 0 Å². The van der Waals surface area contributed by atoms with Gasteiger partial charge in [0, 0.05) is 25.5 Å². The van der Waals surface area contributed by atoms with E-state index in [1.807, 2.05) is 24.3 Å². The molecular weight excluding hydrogens is 387 g/mol. The Morgan fingerprint density at radius 1 is 1.24 bits per heavy atom. The number of halogens is 2. The van der Waals surface area contributed by atoms with Gasteiger partial charge in [-0.3, -0.25) is 0 Å². The Morgan fingerprint density at radius 3 is 2.76 bits per heavy atom. The van der Waals surface area contributed by atoms with Crippen molar-refractivity contribution in [3.8, 4) is 0 Å². The van der Waals surface area contributed by atoms with Gasteiger partial charge in [0.05, 0.1) is 28.1 Å². The third kappa shape index (κ3) is 3.23. The molecule has 2 aromatic heterocycles. The number of nitrogens with zero attached hydrogens (tertiary/aromatic N) is 5. The van der Waals surface area contributed by atoms with Crippen LogP contribution in [0.5, 0.6) is 0 Å². The fourth-order valence-electron chi connectivity index (χ4n) is 3.16. The highest BCUT2D eigenvalue weighted by Gasteiger charge is 2.29. The number of nitrogens with two attached hydrogens (primary N) is 1. The molecule has 1 aromatic carbocycles. The SMILES string of the molecule is N[C@@H]1CN(c2nc3ccccc3n2Cc2ncc(Br)cn2)CC[C@H]1F. The van der Waals surface area contributed by atoms with Crippen molar-refractivity contribution in [3.05, 3.63) is 47.0 Å². The quantitative estimate of drug-likeness (QED) is 0.725. The van der Waals surface area contributed by atoms with Crippen LogP contribution in [0.3, 0.4) is 0 Å². The normalized spacial score (nSPS) is 21.0. The second-order valence-corrected chi connectivity index (χ2v) is 7.13. The Morgan fingerprint density at radius 2 is 2.00 bits per heavy atom. The zero-order valence-electron chi connectivity index (χ0n) is 13.5. The first-order valence-electron chi connectivity index (χ1n) is 8.18. The van der Waals surface area contributed by atoms with Crippen LogP contribution in [0.15, 0.2) is 41.1 Å². The molecule has 0 aliphatic carbocycles. The van der Waals surface area contributed by atoms with Crippen molar-refractivity contribution < 1.29 is 4.39 Å². The maximum atomic E-state index is 13.8. The molecule has 3 heterocycles. The number of piperidine rings is 1. The summed E-state index contributed by atoms with van der Waals surface area (Å²) >= 11 is 3.35. The molecule has 2 N–H and O–H groups in total. The van der Waals surface area contributed by atoms with E-state index in [4.69, 9.17) is 10.7 Å². The lowest BCUT2D eigenvalue weighted by Gasteiger charge is -2.34. The molecule has 1 aliphatic heterocycles. The van der Waals surface area contributed by atoms with Crippen LogP contribution >= 0.6 is 15.9 Å². The topological polar surface area (TPSA) is 72.9 Å². The van der Waals surface area contributed by atoms with Crippen LogP contribution in [-0.4, -0.2) is 44.8 Å². The fraction of sp³-hybridized carbons (Fsp3) is 0.353. The van der Waals surface area contributed by atoms with Crippen LogP contribution in [0.4, 0.5) is 10.3 Å². The zero-order valence-corrected chi connectivity index (χ0v) is 15.1. The van der Waals surface area contributed by atoms with Crippen LogP contribution < -0.4 is 10.6 Å². The summed E-state index contributed by atoms with van der Waals surface area (Å²) in [4.78, 5) is 15.5. The summed E-state index contributed by atoms with van der Waals surface area (Å²) in [6, 6.07) is 7.43. The van der Waals surface area contributed by atoms with Gasteiger partial charge in [0.2, 0.25) is 5.95 Å². The average molecular weight is 405 g/mol. The summed E-state index contributed by atoms with van der Waals surface area (Å²) in [5.41, 5.74) is 7.83. The number of aromatic nitrogens is 4. The number of rotatable bonds is 3. The van der Waals surface area contributed by atoms with Crippen molar-refractivity contribution in [1.29, 1.82) is 0 Å². The van der Waals surface area contributed by atoms with Gasteiger partial charge in [-0.25, -0.2) is 19.3 Å². The summed E-state index contributed by atoms with van der Waals surface area (Å²) in [6.07, 6.45) is 2.92. The summed E-state index contributed by atoms with van der Waals surface area (Å²) in [5.74, 6) is 1.48. The van der Waals surface area contributed by atoms with Crippen molar-refractivity contribution in [2.75, 3.05) is 18.0 Å². The maximum Gasteiger partial charge on any atom is 0.207 e. The monoisotopic (exact) mass is 404 g/mol. The first-order valence-corrected chi connectivity index (χ1v) is 8.97. The van der Waals surface area contributed by atoms with E-state index in [0.717, 1.165) is 21.5 Å². The standard InChI is InChI=1S/C17H18BrFN6/c18-11-7-21-16(22-8-11)10-25-15-4-2-1-3-14(15)23-17(25)24-6-5-12(19)13(20)9-24/h1-4,7-8,12-13H,5-6,9-10,20H2/t12-,13-/m1/s1. The van der Waals surface area contributed by atoms with Gasteiger partial charge < -0.3 is 15.2 Å². The highest BCUT2D eigenvalue weighted by atomic mass is 79.9. The van der Waals surface area contributed by atoms with E-state index in [0.29, 0.717) is 31.9 Å². The van der Waals surface area contributed by atoms with E-state index in [-0.39, 0.29) is 0 Å². The molecule has 6 nitrogen and oxygen atoms in total. The number of hydrogen-bond acceptors (Lipinski definition) is 5. The highest BCUT2D eigenvalue weighted by Crippen LogP contribution is 2.26. The van der Waals surface area contributed by atoms with E-state index in [9.17, 15) is 4.39 Å². The second-order valence-electron chi connectivity index (χ2n) is 6.22. The Bertz CT molecular complexity index is 880. The number of benzene rings is 1. The largest absolute Gasteiger partial charge is 0.340 e. The molecule has 0 bridgehead atoms. The third-order valence-electron chi connectivity index (χ3n) is 4.46. The molecule has 25 heavy (non-hydrogen) atoms. The van der Waals surface area contributed by atoms with Crippen LogP contribution in [0.25, 0.3) is 11.0 Å². The van der Waals surface area contributed by atoms with Gasteiger partial charge in [-0.05, 0) is 34.5 Å². The average Bonchev–Trinajstić information content (AvgIpc) is 2.98. The molecule has 2 atom stereocenters. The minimum absolute atomic E-state index is 0.416. The number of imidazole rings is 1. The molecule has 0 radical (unpaired) electrons. The maximum absolute atomic E-state index is 13.8. The molecule has 0 unspecified atom stereocenters. The van der Waals surface area contributed by atoms with Gasteiger partial charge >= 0.3 is 0 Å². The van der Waals surface area contributed by atoms with Crippen molar-refractivity contribution in [3.63, 3.8) is 0 Å². The van der Waals surface area contributed by atoms with Gasteiger partial charge in [0.1, 0.15) is 12.0 Å². The molecule has 1 aliphatic rings. The molecule has 4 rings (SSSR count). The van der Waals surface area contributed by atoms with Gasteiger partial charge in [-0.2, -0.15) is 0 Å². The van der Waals surface area contributed by atoms with E-state index in [1.165, 1.54) is 0 Å². The van der Waals surface area contributed by atoms with E-state index < -0.39 is 12.2 Å². The lowest BCUT2D eigenvalue weighted by atomic mass is 10.1. The minimum atomic E-state index is -0.955. The van der Waals surface area contributed by atoms with Crippen molar-refractivity contribution in [2.24, 2.45) is 5.73 Å². The Hall–Kier alpha value is -2.06. The fourth-order valence-corrected chi connectivity index (χ4v) is 3.36. The number of alkyl halides is 1. The lowest BCUT2D eigenvalue weighted by molar-refractivity contribution is 0.243. The van der Waals surface area contributed by atoms with E-state index in [2.05, 4.69) is 35.4 Å². The molecular formula is C17H18BrFN6. The predicted molar refractivity (Wildman–Crippen MR) is 98.3 cm³/mol. The molecule has 1 fully saturated rings. The van der Waals surface area contributed by atoms with Gasteiger partial charge in [-0.15, -0.1) is 0 Å². The van der Waals surface area contributed by atoms with Crippen LogP contribution in [0, 0.1) is 0 Å². The molecule has 8 heteroatoms. The minimum Gasteiger partial charge on any atom is -0.340 e. The molecule has 0 amide bonds. The molecule has 130 valence electrons. The van der Waals surface area contributed by atoms with E-state index in [1.54, 1.807) is 12.4 Å². The first-order chi connectivity index (χ1) is 12.1. The van der Waals surface area contributed by atoms with Crippen LogP contribution in [0.1, 0.15) is 12.2 Å². The molecule has 0 spiro atoms. The first kappa shape index (κ1) is 16.4. The number of para-hydroxylation sites is 2. The molecule has 1 saturated heterocycles. The van der Waals surface area contributed by atoms with Crippen LogP contribution in [0.2, 0.25) is 0 Å². The molecule has 3 aromatic rings. The number of hydrogen-bond donors (Lipinski definition) is 1. The zero-order chi connectivity index (χ0) is 17.4. The smallest absolute Gasteiger partial charge is 0.207 e. The Balaban J connectivity index is 1.74. The van der Waals surface area contributed by atoms with Gasteiger partial charge in [0.25, 0.3) is 0 Å².